The third-order valence-corrected chi connectivity index (χ3v) is 3.98. The molecule has 2 nitrogen and oxygen atoms in total. The number of rotatable bonds is 1. The smallest absolute Gasteiger partial charge is 0.0502 e. The van der Waals surface area contributed by atoms with E-state index in [0.717, 1.165) is 12.5 Å². The number of nitrogens with one attached hydrogen (secondary N) is 2. The normalized spacial score (nSPS) is 29.6. The van der Waals surface area contributed by atoms with Gasteiger partial charge in [-0.3, -0.25) is 0 Å². The lowest BCUT2D eigenvalue weighted by Gasteiger charge is -2.34. The predicted molar refractivity (Wildman–Crippen MR) is 72.0 cm³/mol. The maximum Gasteiger partial charge on any atom is 0.0502 e. The van der Waals surface area contributed by atoms with Crippen molar-refractivity contribution in [3.63, 3.8) is 0 Å². The van der Waals surface area contributed by atoms with Crippen LogP contribution in [0.2, 0.25) is 0 Å². The van der Waals surface area contributed by atoms with E-state index >= 15 is 0 Å². The Hall–Kier alpha value is -1.28. The zero-order valence-corrected chi connectivity index (χ0v) is 10.5. The van der Waals surface area contributed by atoms with Crippen LogP contribution < -0.4 is 5.32 Å². The number of benzene rings is 1. The number of aromatic nitrogens is 1. The Labute approximate surface area is 102 Å². The van der Waals surface area contributed by atoms with Crippen molar-refractivity contribution in [3.05, 3.63) is 36.0 Å². The van der Waals surface area contributed by atoms with Gasteiger partial charge in [-0.05, 0) is 41.8 Å². The maximum atomic E-state index is 3.70. The summed E-state index contributed by atoms with van der Waals surface area (Å²) in [4.78, 5) is 3.38. The largest absolute Gasteiger partial charge is 0.361 e. The Morgan fingerprint density at radius 3 is 2.88 bits per heavy atom. The average Bonchev–Trinajstić information content (AvgIpc) is 2.77. The second kappa shape index (κ2) is 4.19. The summed E-state index contributed by atoms with van der Waals surface area (Å²) < 4.78 is 0. The van der Waals surface area contributed by atoms with E-state index in [1.807, 2.05) is 6.20 Å². The fourth-order valence-corrected chi connectivity index (χ4v) is 3.17. The van der Waals surface area contributed by atoms with E-state index in [-0.39, 0.29) is 0 Å². The maximum absolute atomic E-state index is 3.70. The summed E-state index contributed by atoms with van der Waals surface area (Å²) in [7, 11) is 0. The van der Waals surface area contributed by atoms with Crippen LogP contribution in [0.3, 0.4) is 0 Å². The third-order valence-electron chi connectivity index (χ3n) is 3.98. The summed E-state index contributed by atoms with van der Waals surface area (Å²) in [5.74, 6) is 1.50. The number of aromatic amines is 1. The van der Waals surface area contributed by atoms with Crippen LogP contribution in [0.4, 0.5) is 0 Å². The second-order valence-corrected chi connectivity index (χ2v) is 5.49. The molecule has 3 atom stereocenters. The Bertz CT molecular complexity index is 514. The molecule has 2 heteroatoms. The molecule has 0 bridgehead atoms. The molecule has 0 amide bonds. The van der Waals surface area contributed by atoms with E-state index < -0.39 is 0 Å². The standard InChI is InChI=1S/C15H20N2/c1-10-8-11(2)14(17-9-10)13-5-3-4-12-6-7-16-15(12)13/h3-7,10-11,14,16-17H,8-9H2,1-2H3. The number of fused-ring (bicyclic) bond motifs is 1. The van der Waals surface area contributed by atoms with Gasteiger partial charge >= 0.3 is 0 Å². The SMILES string of the molecule is CC1CNC(c2cccc3cc[nH]c23)C(C)C1. The molecule has 0 spiro atoms. The summed E-state index contributed by atoms with van der Waals surface area (Å²) in [6.45, 7) is 5.82. The second-order valence-electron chi connectivity index (χ2n) is 5.49. The minimum Gasteiger partial charge on any atom is -0.361 e. The van der Waals surface area contributed by atoms with Crippen molar-refractivity contribution < 1.29 is 0 Å². The lowest BCUT2D eigenvalue weighted by molar-refractivity contribution is 0.248. The molecule has 90 valence electrons. The lowest BCUT2D eigenvalue weighted by Crippen LogP contribution is -2.37. The van der Waals surface area contributed by atoms with Crippen LogP contribution >= 0.6 is 0 Å². The highest BCUT2D eigenvalue weighted by Crippen LogP contribution is 2.34. The Kier molecular flexibility index (Phi) is 2.67. The first-order valence-electron chi connectivity index (χ1n) is 6.55. The van der Waals surface area contributed by atoms with Crippen LogP contribution in [0.1, 0.15) is 31.9 Å². The van der Waals surface area contributed by atoms with Gasteiger partial charge in [-0.1, -0.05) is 32.0 Å². The van der Waals surface area contributed by atoms with Gasteiger partial charge in [0.05, 0.1) is 5.52 Å². The van der Waals surface area contributed by atoms with Gasteiger partial charge < -0.3 is 10.3 Å². The first-order chi connectivity index (χ1) is 8.25. The lowest BCUT2D eigenvalue weighted by atomic mass is 9.83. The Morgan fingerprint density at radius 1 is 1.18 bits per heavy atom. The molecule has 1 aliphatic heterocycles. The molecule has 1 aromatic carbocycles. The molecular formula is C15H20N2. The van der Waals surface area contributed by atoms with Crippen LogP contribution in [-0.2, 0) is 0 Å². The van der Waals surface area contributed by atoms with Crippen molar-refractivity contribution >= 4 is 10.9 Å². The molecule has 2 heterocycles. The number of H-pyrrole nitrogens is 1. The quantitative estimate of drug-likeness (QED) is 0.768. The van der Waals surface area contributed by atoms with Crippen LogP contribution in [-0.4, -0.2) is 11.5 Å². The van der Waals surface area contributed by atoms with E-state index in [0.29, 0.717) is 12.0 Å². The molecule has 3 unspecified atom stereocenters. The van der Waals surface area contributed by atoms with Crippen molar-refractivity contribution in [3.8, 4) is 0 Å². The number of hydrogen-bond acceptors (Lipinski definition) is 1. The summed E-state index contributed by atoms with van der Waals surface area (Å²) in [6.07, 6.45) is 3.35. The van der Waals surface area contributed by atoms with Gasteiger partial charge in [-0.15, -0.1) is 0 Å². The van der Waals surface area contributed by atoms with Crippen molar-refractivity contribution in [1.29, 1.82) is 0 Å². The van der Waals surface area contributed by atoms with Crippen LogP contribution in [0.5, 0.6) is 0 Å². The molecule has 1 aliphatic rings. The fraction of sp³-hybridized carbons (Fsp3) is 0.467. The van der Waals surface area contributed by atoms with Crippen molar-refractivity contribution in [1.82, 2.24) is 10.3 Å². The summed E-state index contributed by atoms with van der Waals surface area (Å²) in [5.41, 5.74) is 2.72. The summed E-state index contributed by atoms with van der Waals surface area (Å²) in [6, 6.07) is 9.23. The van der Waals surface area contributed by atoms with Gasteiger partial charge in [0.1, 0.15) is 0 Å². The number of hydrogen-bond donors (Lipinski definition) is 2. The number of piperidine rings is 1. The molecule has 17 heavy (non-hydrogen) atoms. The highest BCUT2D eigenvalue weighted by molar-refractivity contribution is 5.83. The first kappa shape index (κ1) is 10.8. The van der Waals surface area contributed by atoms with Crippen LogP contribution in [0.25, 0.3) is 10.9 Å². The van der Waals surface area contributed by atoms with E-state index in [1.165, 1.54) is 22.9 Å². The topological polar surface area (TPSA) is 27.8 Å². The van der Waals surface area contributed by atoms with Crippen molar-refractivity contribution in [2.45, 2.75) is 26.3 Å². The van der Waals surface area contributed by atoms with Gasteiger partial charge in [0, 0.05) is 12.2 Å². The molecule has 2 N–H and O–H groups in total. The van der Waals surface area contributed by atoms with Crippen molar-refractivity contribution in [2.75, 3.05) is 6.54 Å². The van der Waals surface area contributed by atoms with Crippen LogP contribution in [0.15, 0.2) is 30.5 Å². The fourth-order valence-electron chi connectivity index (χ4n) is 3.17. The predicted octanol–water partition coefficient (Wildman–Crippen LogP) is 3.47. The minimum absolute atomic E-state index is 0.494. The first-order valence-corrected chi connectivity index (χ1v) is 6.55. The molecule has 2 aromatic rings. The molecular weight excluding hydrogens is 208 g/mol. The van der Waals surface area contributed by atoms with Gasteiger partial charge in [0.25, 0.3) is 0 Å². The van der Waals surface area contributed by atoms with E-state index in [2.05, 4.69) is 48.4 Å². The van der Waals surface area contributed by atoms with E-state index in [9.17, 15) is 0 Å². The van der Waals surface area contributed by atoms with Gasteiger partial charge in [0.15, 0.2) is 0 Å². The molecule has 0 saturated carbocycles. The third kappa shape index (κ3) is 1.87. The molecule has 1 aromatic heterocycles. The van der Waals surface area contributed by atoms with Gasteiger partial charge in [0.2, 0.25) is 0 Å². The van der Waals surface area contributed by atoms with E-state index in [1.54, 1.807) is 0 Å². The van der Waals surface area contributed by atoms with Gasteiger partial charge in [-0.25, -0.2) is 0 Å². The highest BCUT2D eigenvalue weighted by Gasteiger charge is 2.27. The van der Waals surface area contributed by atoms with Crippen LogP contribution in [0, 0.1) is 11.8 Å². The molecule has 0 radical (unpaired) electrons. The molecule has 1 saturated heterocycles. The average molecular weight is 228 g/mol. The summed E-state index contributed by atoms with van der Waals surface area (Å²) in [5, 5.41) is 5.01. The minimum atomic E-state index is 0.494. The zero-order chi connectivity index (χ0) is 11.8. The highest BCUT2D eigenvalue weighted by atomic mass is 14.9. The monoisotopic (exact) mass is 228 g/mol. The van der Waals surface area contributed by atoms with Gasteiger partial charge in [-0.2, -0.15) is 0 Å². The molecule has 0 aliphatic carbocycles. The molecule has 1 fully saturated rings. The van der Waals surface area contributed by atoms with E-state index in [4.69, 9.17) is 0 Å². The van der Waals surface area contributed by atoms with Crippen molar-refractivity contribution in [2.24, 2.45) is 11.8 Å². The Balaban J connectivity index is 2.00. The zero-order valence-electron chi connectivity index (χ0n) is 10.5. The molecule has 3 rings (SSSR count). The summed E-state index contributed by atoms with van der Waals surface area (Å²) >= 11 is 0. The Morgan fingerprint density at radius 2 is 2.06 bits per heavy atom. The number of para-hydroxylation sites is 1.